The average Bonchev–Trinajstić information content (AvgIpc) is 3.35. The lowest BCUT2D eigenvalue weighted by Gasteiger charge is -2.63. The van der Waals surface area contributed by atoms with Gasteiger partial charge >= 0.3 is 0 Å². The maximum atomic E-state index is 11.7. The zero-order valence-corrected chi connectivity index (χ0v) is 29.7. The minimum absolute atomic E-state index is 0.120. The number of fused-ring (bicyclic) bond motifs is 1. The predicted octanol–water partition coefficient (Wildman–Crippen LogP) is 9.34. The quantitative estimate of drug-likeness (QED) is 0.178. The molecule has 224 valence electrons. The molecule has 0 aromatic rings. The molecule has 0 saturated heterocycles. The molecular formula is C34H62O3Si2. The SMILES string of the molecule is C=CC1(O)C(CCC)[C@@H]2[C@@H](C#C[C@@](C)(O[Si](C)(C)C(C)(C)C)C3CCCC3)[C@H](O[Si](C)(C)C(C)(C)C)CC[C@@H]21. The zero-order valence-electron chi connectivity index (χ0n) is 27.7. The van der Waals surface area contributed by atoms with Crippen LogP contribution in [-0.4, -0.2) is 39.0 Å². The van der Waals surface area contributed by atoms with Gasteiger partial charge in [0.05, 0.1) is 11.7 Å². The molecule has 3 fully saturated rings. The van der Waals surface area contributed by atoms with Crippen molar-refractivity contribution in [2.45, 2.75) is 160 Å². The van der Waals surface area contributed by atoms with Gasteiger partial charge in [-0.25, -0.2) is 0 Å². The van der Waals surface area contributed by atoms with Gasteiger partial charge in [-0.2, -0.15) is 0 Å². The summed E-state index contributed by atoms with van der Waals surface area (Å²) in [7, 11) is -4.01. The Balaban J connectivity index is 2.07. The highest BCUT2D eigenvalue weighted by Gasteiger charge is 2.64. The van der Waals surface area contributed by atoms with Crippen molar-refractivity contribution in [1.82, 2.24) is 0 Å². The lowest BCUT2D eigenvalue weighted by molar-refractivity contribution is -0.208. The zero-order chi connectivity index (χ0) is 29.7. The number of rotatable bonds is 8. The molecule has 0 aliphatic heterocycles. The van der Waals surface area contributed by atoms with E-state index >= 15 is 0 Å². The number of hydrogen-bond donors (Lipinski definition) is 1. The smallest absolute Gasteiger partial charge is 0.194 e. The first kappa shape index (κ1) is 33.1. The molecule has 0 aromatic carbocycles. The molecule has 0 amide bonds. The highest BCUT2D eigenvalue weighted by Crippen LogP contribution is 2.61. The van der Waals surface area contributed by atoms with E-state index in [4.69, 9.17) is 8.85 Å². The van der Waals surface area contributed by atoms with E-state index in [1.165, 1.54) is 25.7 Å². The van der Waals surface area contributed by atoms with Gasteiger partial charge in [0.2, 0.25) is 0 Å². The third-order valence-electron chi connectivity index (χ3n) is 11.8. The van der Waals surface area contributed by atoms with Crippen molar-refractivity contribution in [2.24, 2.45) is 29.6 Å². The number of hydrogen-bond acceptors (Lipinski definition) is 3. The Morgan fingerprint density at radius 1 is 0.923 bits per heavy atom. The molecule has 3 rings (SSSR count). The molecule has 0 spiro atoms. The first-order chi connectivity index (χ1) is 17.7. The summed E-state index contributed by atoms with van der Waals surface area (Å²) < 4.78 is 14.4. The Morgan fingerprint density at radius 2 is 1.49 bits per heavy atom. The summed E-state index contributed by atoms with van der Waals surface area (Å²) in [5.41, 5.74) is -1.21. The van der Waals surface area contributed by atoms with Gasteiger partial charge in [0.15, 0.2) is 16.6 Å². The van der Waals surface area contributed by atoms with Gasteiger partial charge in [-0.1, -0.05) is 85.6 Å². The van der Waals surface area contributed by atoms with Gasteiger partial charge in [0.25, 0.3) is 0 Å². The monoisotopic (exact) mass is 574 g/mol. The van der Waals surface area contributed by atoms with Crippen LogP contribution in [0.4, 0.5) is 0 Å². The molecule has 39 heavy (non-hydrogen) atoms. The summed E-state index contributed by atoms with van der Waals surface area (Å²) in [5, 5.41) is 12.0. The van der Waals surface area contributed by atoms with Crippen molar-refractivity contribution in [3.05, 3.63) is 12.7 Å². The minimum atomic E-state index is -2.03. The van der Waals surface area contributed by atoms with Crippen LogP contribution in [-0.2, 0) is 8.85 Å². The second kappa shape index (κ2) is 11.4. The standard InChI is InChI=1S/C34H62O3Si2/c1-14-18-27-30-26(23-24-33(9,25-19-16-17-20-25)37-39(12,13)32(6,7)8)29(36-38(10,11)31(3,4)5)22-21-28(30)34(27,35)15-2/h15,25-30,35H,2,14,16-22H2,1,3-13H3/t26-,27?,28-,29+,30-,33+,34?/m0/s1. The van der Waals surface area contributed by atoms with Crippen LogP contribution in [0.5, 0.6) is 0 Å². The van der Waals surface area contributed by atoms with Gasteiger partial charge in [0, 0.05) is 5.92 Å². The molecule has 5 heteroatoms. The number of aliphatic hydroxyl groups is 1. The van der Waals surface area contributed by atoms with Gasteiger partial charge < -0.3 is 14.0 Å². The molecule has 3 aliphatic rings. The molecule has 3 nitrogen and oxygen atoms in total. The summed E-state index contributed by atoms with van der Waals surface area (Å²) in [6.07, 6.45) is 10.9. The van der Waals surface area contributed by atoms with Crippen LogP contribution < -0.4 is 0 Å². The maximum Gasteiger partial charge on any atom is 0.194 e. The van der Waals surface area contributed by atoms with E-state index in [2.05, 4.69) is 100.0 Å². The van der Waals surface area contributed by atoms with Crippen LogP contribution in [0.1, 0.15) is 107 Å². The van der Waals surface area contributed by atoms with Gasteiger partial charge in [-0.15, -0.1) is 6.58 Å². The third kappa shape index (κ3) is 6.36. The summed E-state index contributed by atoms with van der Waals surface area (Å²) in [4.78, 5) is 0. The second-order valence-corrected chi connectivity index (χ2v) is 25.9. The fourth-order valence-corrected chi connectivity index (χ4v) is 10.2. The average molecular weight is 575 g/mol. The highest BCUT2D eigenvalue weighted by molar-refractivity contribution is 6.74. The van der Waals surface area contributed by atoms with Crippen molar-refractivity contribution in [3.8, 4) is 11.8 Å². The van der Waals surface area contributed by atoms with E-state index in [-0.39, 0.29) is 33.9 Å². The summed E-state index contributed by atoms with van der Waals surface area (Å²) in [6.45, 7) is 32.1. The molecule has 0 heterocycles. The summed E-state index contributed by atoms with van der Waals surface area (Å²) in [5.74, 6) is 9.18. The van der Waals surface area contributed by atoms with Crippen molar-refractivity contribution in [2.75, 3.05) is 0 Å². The van der Waals surface area contributed by atoms with Crippen molar-refractivity contribution >= 4 is 16.6 Å². The Bertz CT molecular complexity index is 927. The van der Waals surface area contributed by atoms with E-state index in [0.29, 0.717) is 11.8 Å². The predicted molar refractivity (Wildman–Crippen MR) is 172 cm³/mol. The highest BCUT2D eigenvalue weighted by atomic mass is 28.4. The van der Waals surface area contributed by atoms with E-state index in [1.807, 2.05) is 6.08 Å². The van der Waals surface area contributed by atoms with Crippen LogP contribution in [0, 0.1) is 41.4 Å². The van der Waals surface area contributed by atoms with Crippen LogP contribution >= 0.6 is 0 Å². The van der Waals surface area contributed by atoms with E-state index in [1.54, 1.807) is 0 Å². The molecule has 3 saturated carbocycles. The molecule has 0 radical (unpaired) electrons. The van der Waals surface area contributed by atoms with Gasteiger partial charge in [-0.3, -0.25) is 0 Å². The Hall–Kier alpha value is -0.386. The van der Waals surface area contributed by atoms with Crippen LogP contribution in [0.15, 0.2) is 12.7 Å². The Labute approximate surface area is 244 Å². The second-order valence-electron chi connectivity index (χ2n) is 16.4. The van der Waals surface area contributed by atoms with E-state index in [9.17, 15) is 5.11 Å². The minimum Gasteiger partial charge on any atom is -0.413 e. The fraction of sp³-hybridized carbons (Fsp3) is 0.882. The normalized spacial score (nSPS) is 33.9. The van der Waals surface area contributed by atoms with Crippen LogP contribution in [0.2, 0.25) is 36.3 Å². The summed E-state index contributed by atoms with van der Waals surface area (Å²) in [6, 6.07) is 0. The fourth-order valence-electron chi connectivity index (χ4n) is 7.26. The largest absolute Gasteiger partial charge is 0.413 e. The van der Waals surface area contributed by atoms with Gasteiger partial charge in [-0.05, 0) is 99.0 Å². The third-order valence-corrected chi connectivity index (χ3v) is 20.8. The Kier molecular flexibility index (Phi) is 9.65. The van der Waals surface area contributed by atoms with Crippen LogP contribution in [0.3, 0.4) is 0 Å². The first-order valence-corrected chi connectivity index (χ1v) is 21.8. The summed E-state index contributed by atoms with van der Waals surface area (Å²) >= 11 is 0. The van der Waals surface area contributed by atoms with E-state index in [0.717, 1.165) is 25.7 Å². The molecule has 1 N–H and O–H groups in total. The molecule has 3 aliphatic carbocycles. The first-order valence-electron chi connectivity index (χ1n) is 16.0. The molecule has 2 unspecified atom stereocenters. The van der Waals surface area contributed by atoms with Crippen molar-refractivity contribution in [3.63, 3.8) is 0 Å². The lowest BCUT2D eigenvalue weighted by atomic mass is 9.45. The van der Waals surface area contributed by atoms with Crippen molar-refractivity contribution < 1.29 is 14.0 Å². The van der Waals surface area contributed by atoms with Crippen LogP contribution in [0.25, 0.3) is 0 Å². The maximum absolute atomic E-state index is 11.7. The molecule has 0 aromatic heterocycles. The Morgan fingerprint density at radius 3 is 1.97 bits per heavy atom. The molecular weight excluding hydrogens is 513 g/mol. The lowest BCUT2D eigenvalue weighted by Crippen LogP contribution is -2.67. The topological polar surface area (TPSA) is 38.7 Å². The van der Waals surface area contributed by atoms with Crippen molar-refractivity contribution in [1.29, 1.82) is 0 Å². The van der Waals surface area contributed by atoms with E-state index < -0.39 is 27.8 Å². The van der Waals surface area contributed by atoms with Gasteiger partial charge in [0.1, 0.15) is 5.60 Å². The molecule has 0 bridgehead atoms. The molecule has 7 atom stereocenters.